The number of hydrogen-bond acceptors (Lipinski definition) is 4. The van der Waals surface area contributed by atoms with Gasteiger partial charge in [0.25, 0.3) is 5.91 Å². The van der Waals surface area contributed by atoms with Gasteiger partial charge in [0.1, 0.15) is 12.6 Å². The molecule has 0 radical (unpaired) electrons. The van der Waals surface area contributed by atoms with Gasteiger partial charge in [0.2, 0.25) is 0 Å². The topological polar surface area (TPSA) is 75.9 Å². The number of likely N-dealkylation sites (tertiary alicyclic amines) is 1. The number of nitrogens with two attached hydrogens (primary N) is 1. The van der Waals surface area contributed by atoms with Crippen molar-refractivity contribution in [3.63, 3.8) is 0 Å². The Bertz CT molecular complexity index is 1040. The van der Waals surface area contributed by atoms with E-state index in [1.54, 1.807) is 6.07 Å². The van der Waals surface area contributed by atoms with Gasteiger partial charge in [0.05, 0.1) is 5.69 Å². The lowest BCUT2D eigenvalue weighted by Crippen LogP contribution is -2.50. The van der Waals surface area contributed by atoms with Crippen LogP contribution in [0.3, 0.4) is 0 Å². The number of anilines is 1. The van der Waals surface area contributed by atoms with E-state index in [0.717, 1.165) is 28.1 Å². The van der Waals surface area contributed by atoms with Gasteiger partial charge in [-0.15, -0.1) is 0 Å². The summed E-state index contributed by atoms with van der Waals surface area (Å²) < 4.78 is 5.43. The molecule has 31 heavy (non-hydrogen) atoms. The number of benzene rings is 3. The molecular weight excluding hydrogens is 390 g/mol. The first-order chi connectivity index (χ1) is 15.1. The maximum Gasteiger partial charge on any atom is 0.410 e. The molecule has 158 valence electrons. The molecule has 4 rings (SSSR count). The number of hydrogen-bond donors (Lipinski definition) is 1. The van der Waals surface area contributed by atoms with E-state index in [-0.39, 0.29) is 12.5 Å². The third-order valence-electron chi connectivity index (χ3n) is 5.45. The molecule has 0 bridgehead atoms. The molecule has 6 nitrogen and oxygen atoms in total. The zero-order chi connectivity index (χ0) is 21.6. The summed E-state index contributed by atoms with van der Waals surface area (Å²) in [7, 11) is 0. The lowest BCUT2D eigenvalue weighted by atomic mass is 10.0. The van der Waals surface area contributed by atoms with E-state index in [2.05, 4.69) is 0 Å². The van der Waals surface area contributed by atoms with Crippen LogP contribution in [-0.2, 0) is 16.1 Å². The normalized spacial score (nSPS) is 15.5. The van der Waals surface area contributed by atoms with Crippen molar-refractivity contribution in [1.29, 1.82) is 0 Å². The van der Waals surface area contributed by atoms with Crippen molar-refractivity contribution in [3.05, 3.63) is 90.5 Å². The van der Waals surface area contributed by atoms with E-state index in [9.17, 15) is 9.59 Å². The smallest absolute Gasteiger partial charge is 0.410 e. The highest BCUT2D eigenvalue weighted by Crippen LogP contribution is 2.26. The molecule has 1 heterocycles. The SMILES string of the molecule is NN(C(=O)C1CCCN1C(=O)OCc1ccccc1)c1cccc(-c2ccccc2)c1. The second-order valence-corrected chi connectivity index (χ2v) is 7.52. The van der Waals surface area contributed by atoms with Gasteiger partial charge >= 0.3 is 6.09 Å². The maximum atomic E-state index is 13.1. The second kappa shape index (κ2) is 9.45. The van der Waals surface area contributed by atoms with Crippen LogP contribution in [0.25, 0.3) is 11.1 Å². The summed E-state index contributed by atoms with van der Waals surface area (Å²) in [6.07, 6.45) is 0.797. The first kappa shape index (κ1) is 20.6. The minimum Gasteiger partial charge on any atom is -0.445 e. The summed E-state index contributed by atoms with van der Waals surface area (Å²) in [4.78, 5) is 27.2. The van der Waals surface area contributed by atoms with Crippen LogP contribution in [0.5, 0.6) is 0 Å². The third-order valence-corrected chi connectivity index (χ3v) is 5.45. The van der Waals surface area contributed by atoms with Crippen molar-refractivity contribution >= 4 is 17.7 Å². The number of hydrazine groups is 1. The first-order valence-corrected chi connectivity index (χ1v) is 10.3. The molecular formula is C25H25N3O3. The number of amides is 2. The van der Waals surface area contributed by atoms with Crippen LogP contribution in [0.15, 0.2) is 84.9 Å². The molecule has 1 aliphatic heterocycles. The summed E-state index contributed by atoms with van der Waals surface area (Å²) in [6, 6.07) is 26.2. The van der Waals surface area contributed by atoms with Gasteiger partial charge < -0.3 is 4.74 Å². The highest BCUT2D eigenvalue weighted by Gasteiger charge is 2.37. The molecule has 2 N–H and O–H groups in total. The fraction of sp³-hybridized carbons (Fsp3) is 0.200. The molecule has 1 atom stereocenters. The monoisotopic (exact) mass is 415 g/mol. The standard InChI is InChI=1S/C25H25N3O3/c26-28(22-14-7-13-21(17-22)20-11-5-2-6-12-20)24(29)23-15-8-16-27(23)25(30)31-18-19-9-3-1-4-10-19/h1-7,9-14,17,23H,8,15-16,18,26H2. The van der Waals surface area contributed by atoms with Gasteiger partial charge in [-0.25, -0.2) is 15.6 Å². The number of ether oxygens (including phenoxy) is 1. The summed E-state index contributed by atoms with van der Waals surface area (Å²) in [5.41, 5.74) is 3.48. The minimum atomic E-state index is -0.631. The Hall–Kier alpha value is -3.64. The summed E-state index contributed by atoms with van der Waals surface area (Å²) in [5, 5.41) is 1.14. The molecule has 2 amide bonds. The zero-order valence-corrected chi connectivity index (χ0v) is 17.2. The Labute approximate surface area is 181 Å². The number of carbonyl (C=O) groups excluding carboxylic acids is 2. The van der Waals surface area contributed by atoms with Crippen molar-refractivity contribution in [2.24, 2.45) is 5.84 Å². The Balaban J connectivity index is 1.45. The first-order valence-electron chi connectivity index (χ1n) is 10.3. The van der Waals surface area contributed by atoms with Crippen LogP contribution in [0, 0.1) is 0 Å². The van der Waals surface area contributed by atoms with Crippen LogP contribution in [0.4, 0.5) is 10.5 Å². The van der Waals surface area contributed by atoms with Crippen molar-refractivity contribution in [2.75, 3.05) is 11.6 Å². The van der Waals surface area contributed by atoms with E-state index < -0.39 is 12.1 Å². The maximum absolute atomic E-state index is 13.1. The van der Waals surface area contributed by atoms with Gasteiger partial charge in [-0.1, -0.05) is 72.8 Å². The fourth-order valence-corrected chi connectivity index (χ4v) is 3.80. The fourth-order valence-electron chi connectivity index (χ4n) is 3.80. The molecule has 0 aliphatic carbocycles. The van der Waals surface area contributed by atoms with Crippen LogP contribution in [-0.4, -0.2) is 29.5 Å². The van der Waals surface area contributed by atoms with E-state index in [0.29, 0.717) is 18.7 Å². The second-order valence-electron chi connectivity index (χ2n) is 7.52. The summed E-state index contributed by atoms with van der Waals surface area (Å²) in [6.45, 7) is 0.643. The van der Waals surface area contributed by atoms with Gasteiger partial charge in [0.15, 0.2) is 0 Å². The molecule has 3 aromatic carbocycles. The Morgan fingerprint density at radius 1 is 0.935 bits per heavy atom. The van der Waals surface area contributed by atoms with Crippen LogP contribution >= 0.6 is 0 Å². The molecule has 1 fully saturated rings. The lowest BCUT2D eigenvalue weighted by molar-refractivity contribution is -0.122. The van der Waals surface area contributed by atoms with Crippen molar-refractivity contribution < 1.29 is 14.3 Å². The van der Waals surface area contributed by atoms with Crippen LogP contribution in [0.2, 0.25) is 0 Å². The molecule has 0 spiro atoms. The van der Waals surface area contributed by atoms with E-state index in [4.69, 9.17) is 10.6 Å². The largest absolute Gasteiger partial charge is 0.445 e. The lowest BCUT2D eigenvalue weighted by Gasteiger charge is -2.27. The zero-order valence-electron chi connectivity index (χ0n) is 17.2. The number of nitrogens with zero attached hydrogens (tertiary/aromatic N) is 2. The Kier molecular flexibility index (Phi) is 6.29. The van der Waals surface area contributed by atoms with E-state index >= 15 is 0 Å². The van der Waals surface area contributed by atoms with E-state index in [1.165, 1.54) is 4.90 Å². The molecule has 1 aliphatic rings. The molecule has 6 heteroatoms. The quantitative estimate of drug-likeness (QED) is 0.382. The summed E-state index contributed by atoms with van der Waals surface area (Å²) in [5.74, 6) is 5.88. The highest BCUT2D eigenvalue weighted by molar-refractivity contribution is 5.98. The predicted octanol–water partition coefficient (Wildman–Crippen LogP) is 4.36. The predicted molar refractivity (Wildman–Crippen MR) is 120 cm³/mol. The van der Waals surface area contributed by atoms with Gasteiger partial charge in [0, 0.05) is 6.54 Å². The van der Waals surface area contributed by atoms with Gasteiger partial charge in [-0.3, -0.25) is 9.69 Å². The number of carbonyl (C=O) groups is 2. The van der Waals surface area contributed by atoms with Crippen LogP contribution < -0.4 is 10.9 Å². The van der Waals surface area contributed by atoms with E-state index in [1.807, 2.05) is 78.9 Å². The Morgan fingerprint density at radius 3 is 2.35 bits per heavy atom. The molecule has 3 aromatic rings. The van der Waals surface area contributed by atoms with Crippen molar-refractivity contribution in [2.45, 2.75) is 25.5 Å². The molecule has 0 saturated carbocycles. The Morgan fingerprint density at radius 2 is 1.61 bits per heavy atom. The minimum absolute atomic E-state index is 0.169. The van der Waals surface area contributed by atoms with Crippen molar-refractivity contribution in [3.8, 4) is 11.1 Å². The average Bonchev–Trinajstić information content (AvgIpc) is 3.33. The molecule has 0 aromatic heterocycles. The molecule has 1 saturated heterocycles. The van der Waals surface area contributed by atoms with Gasteiger partial charge in [-0.2, -0.15) is 0 Å². The number of rotatable bonds is 5. The van der Waals surface area contributed by atoms with Gasteiger partial charge in [-0.05, 0) is 41.7 Å². The summed E-state index contributed by atoms with van der Waals surface area (Å²) >= 11 is 0. The molecule has 1 unspecified atom stereocenters. The third kappa shape index (κ3) is 4.75. The van der Waals surface area contributed by atoms with Crippen LogP contribution in [0.1, 0.15) is 18.4 Å². The average molecular weight is 415 g/mol. The highest BCUT2D eigenvalue weighted by atomic mass is 16.6. The van der Waals surface area contributed by atoms with Crippen molar-refractivity contribution in [1.82, 2.24) is 4.90 Å².